The van der Waals surface area contributed by atoms with E-state index < -0.39 is 42.0 Å². The van der Waals surface area contributed by atoms with Crippen LogP contribution < -0.4 is 31.9 Å². The Balaban J connectivity index is 1.59. The lowest BCUT2D eigenvalue weighted by Gasteiger charge is -2.26. The second-order valence-corrected chi connectivity index (χ2v) is 15.4. The predicted molar refractivity (Wildman–Crippen MR) is 205 cm³/mol. The van der Waals surface area contributed by atoms with E-state index in [0.717, 1.165) is 18.4 Å². The van der Waals surface area contributed by atoms with Gasteiger partial charge >= 0.3 is 5.97 Å². The molecule has 3 rings (SSSR count). The standard InChI is InChI=1S/C38H62N6O8S/c1-23(2)17-32(39-3)36(49)43-30(13-15-45)34(47)40-20-25-9-11-27(18-25)42-33(19-24-7-5-4-6-8-24)37(50)44-31(14-16-46)35(48)41-21-26-10-12-28(38(51)52)29(26)22-53/h4-8,23,25-33,39,42,45-46,53H,9-22H2,1-3H3,(H,40,47)(H,41,48)(H,43,49)(H,44,50)(H,51,52)/t25?,26?,27?,28?,29?,30-,31-,32-,33-/m0/s1. The van der Waals surface area contributed by atoms with Gasteiger partial charge in [0.2, 0.25) is 23.6 Å². The zero-order valence-corrected chi connectivity index (χ0v) is 32.3. The largest absolute Gasteiger partial charge is 0.481 e. The number of hydrogen-bond acceptors (Lipinski definition) is 10. The summed E-state index contributed by atoms with van der Waals surface area (Å²) in [4.78, 5) is 64.7. The van der Waals surface area contributed by atoms with Gasteiger partial charge in [-0.15, -0.1) is 0 Å². The van der Waals surface area contributed by atoms with Crippen LogP contribution in [0, 0.1) is 29.6 Å². The molecular formula is C38H62N6O8S. The summed E-state index contributed by atoms with van der Waals surface area (Å²) in [5.41, 5.74) is 0.933. The molecule has 2 aliphatic rings. The number of aliphatic hydroxyl groups excluding tert-OH is 2. The first-order valence-corrected chi connectivity index (χ1v) is 19.7. The van der Waals surface area contributed by atoms with Crippen LogP contribution in [-0.2, 0) is 30.4 Å². The van der Waals surface area contributed by atoms with Crippen molar-refractivity contribution in [3.05, 3.63) is 35.9 Å². The quantitative estimate of drug-likeness (QED) is 0.0701. The van der Waals surface area contributed by atoms with Gasteiger partial charge in [0.1, 0.15) is 12.1 Å². The molecule has 15 heteroatoms. The lowest BCUT2D eigenvalue weighted by molar-refractivity contribution is -0.143. The zero-order valence-electron chi connectivity index (χ0n) is 31.4. The fraction of sp³-hybridized carbons (Fsp3) is 0.711. The summed E-state index contributed by atoms with van der Waals surface area (Å²) in [6, 6.07) is 6.54. The van der Waals surface area contributed by atoms with Crippen LogP contribution in [0.3, 0.4) is 0 Å². The number of nitrogens with one attached hydrogen (secondary N) is 6. The van der Waals surface area contributed by atoms with Crippen LogP contribution in [0.15, 0.2) is 30.3 Å². The van der Waals surface area contributed by atoms with Gasteiger partial charge in [-0.2, -0.15) is 12.6 Å². The van der Waals surface area contributed by atoms with Gasteiger partial charge in [0.05, 0.1) is 18.0 Å². The fourth-order valence-corrected chi connectivity index (χ4v) is 8.20. The van der Waals surface area contributed by atoms with Crippen LogP contribution in [0.1, 0.15) is 70.8 Å². The summed E-state index contributed by atoms with van der Waals surface area (Å²) in [6.45, 7) is 4.11. The van der Waals surface area contributed by atoms with Gasteiger partial charge in [-0.3, -0.25) is 24.0 Å². The molecule has 0 aliphatic heterocycles. The average molecular weight is 763 g/mol. The molecule has 0 radical (unpaired) electrons. The first-order chi connectivity index (χ1) is 25.4. The Kier molecular flexibility index (Phi) is 19.0. The molecule has 9 atom stereocenters. The molecule has 298 valence electrons. The molecule has 0 aromatic heterocycles. The summed E-state index contributed by atoms with van der Waals surface area (Å²) in [6.07, 6.45) is 4.53. The SMILES string of the molecule is CN[C@@H](CC(C)C)C(=O)N[C@@H](CCO)C(=O)NCC1CCC(N[C@@H](Cc2ccccc2)C(=O)N[C@@H](CCO)C(=O)NCC2CCC(C(=O)O)C2CS)C1. The monoisotopic (exact) mass is 762 g/mol. The molecule has 0 saturated heterocycles. The van der Waals surface area contributed by atoms with Crippen molar-refractivity contribution in [2.24, 2.45) is 29.6 Å². The highest BCUT2D eigenvalue weighted by Gasteiger charge is 2.40. The van der Waals surface area contributed by atoms with Gasteiger partial charge in [-0.1, -0.05) is 44.2 Å². The van der Waals surface area contributed by atoms with E-state index >= 15 is 0 Å². The number of hydrogen-bond donors (Lipinski definition) is 10. The van der Waals surface area contributed by atoms with Crippen LogP contribution in [0.25, 0.3) is 0 Å². The third-order valence-corrected chi connectivity index (χ3v) is 11.1. The Morgan fingerprint density at radius 1 is 0.792 bits per heavy atom. The summed E-state index contributed by atoms with van der Waals surface area (Å²) >= 11 is 4.36. The lowest BCUT2D eigenvalue weighted by Crippen LogP contribution is -2.55. The van der Waals surface area contributed by atoms with E-state index in [9.17, 15) is 39.3 Å². The number of amides is 4. The number of benzene rings is 1. The maximum Gasteiger partial charge on any atom is 0.306 e. The van der Waals surface area contributed by atoms with Crippen LogP contribution in [0.4, 0.5) is 0 Å². The second kappa shape index (κ2) is 22.9. The minimum absolute atomic E-state index is 0.0182. The van der Waals surface area contributed by atoms with Crippen molar-refractivity contribution >= 4 is 42.2 Å². The smallest absolute Gasteiger partial charge is 0.306 e. The first kappa shape index (κ1) is 44.2. The Bertz CT molecular complexity index is 1320. The van der Waals surface area contributed by atoms with E-state index in [4.69, 9.17) is 0 Å². The first-order valence-electron chi connectivity index (χ1n) is 19.1. The van der Waals surface area contributed by atoms with Crippen LogP contribution in [-0.4, -0.2) is 114 Å². The molecule has 1 aromatic carbocycles. The number of aliphatic carboxylic acids is 1. The minimum Gasteiger partial charge on any atom is -0.481 e. The summed E-state index contributed by atoms with van der Waals surface area (Å²) in [7, 11) is 1.70. The Morgan fingerprint density at radius 2 is 1.40 bits per heavy atom. The third kappa shape index (κ3) is 14.2. The van der Waals surface area contributed by atoms with E-state index in [1.165, 1.54) is 0 Å². The molecule has 2 saturated carbocycles. The third-order valence-electron chi connectivity index (χ3n) is 10.7. The highest BCUT2D eigenvalue weighted by molar-refractivity contribution is 7.80. The normalized spacial score (nSPS) is 23.5. The molecule has 0 spiro atoms. The molecule has 0 heterocycles. The number of thiol groups is 1. The molecule has 4 amide bonds. The molecule has 0 bridgehead atoms. The number of likely N-dealkylation sites (N-methyl/N-ethyl adjacent to an activating group) is 1. The number of carbonyl (C=O) groups is 5. The van der Waals surface area contributed by atoms with Crippen LogP contribution in [0.2, 0.25) is 0 Å². The minimum atomic E-state index is -0.980. The second-order valence-electron chi connectivity index (χ2n) is 15.0. The molecule has 9 N–H and O–H groups in total. The summed E-state index contributed by atoms with van der Waals surface area (Å²) in [5, 5.41) is 46.9. The molecule has 14 nitrogen and oxygen atoms in total. The van der Waals surface area contributed by atoms with Gasteiger partial charge in [0.15, 0.2) is 0 Å². The summed E-state index contributed by atoms with van der Waals surface area (Å²) < 4.78 is 0. The average Bonchev–Trinajstić information content (AvgIpc) is 3.78. The van der Waals surface area contributed by atoms with Crippen molar-refractivity contribution in [1.82, 2.24) is 31.9 Å². The highest BCUT2D eigenvalue weighted by Crippen LogP contribution is 2.37. The maximum absolute atomic E-state index is 13.8. The molecule has 2 fully saturated rings. The van der Waals surface area contributed by atoms with Crippen LogP contribution >= 0.6 is 12.6 Å². The molecule has 53 heavy (non-hydrogen) atoms. The van der Waals surface area contributed by atoms with Gasteiger partial charge in [-0.25, -0.2) is 0 Å². The fourth-order valence-electron chi connectivity index (χ4n) is 7.65. The van der Waals surface area contributed by atoms with Crippen molar-refractivity contribution in [3.63, 3.8) is 0 Å². The Labute approximate surface area is 319 Å². The Morgan fingerprint density at radius 3 is 1.94 bits per heavy atom. The van der Waals surface area contributed by atoms with E-state index in [1.807, 2.05) is 44.2 Å². The summed E-state index contributed by atoms with van der Waals surface area (Å²) in [5.74, 6) is -2.22. The maximum atomic E-state index is 13.8. The van der Waals surface area contributed by atoms with E-state index in [1.54, 1.807) is 7.05 Å². The van der Waals surface area contributed by atoms with Crippen molar-refractivity contribution < 1.29 is 39.3 Å². The predicted octanol–water partition coefficient (Wildman–Crippen LogP) is 0.614. The highest BCUT2D eigenvalue weighted by atomic mass is 32.1. The Hall–Kier alpha value is -3.24. The van der Waals surface area contributed by atoms with E-state index in [2.05, 4.69) is 44.5 Å². The van der Waals surface area contributed by atoms with Crippen molar-refractivity contribution in [1.29, 1.82) is 0 Å². The molecule has 5 unspecified atom stereocenters. The number of aliphatic hydroxyl groups is 2. The number of carbonyl (C=O) groups excluding carboxylic acids is 4. The van der Waals surface area contributed by atoms with Gasteiger partial charge in [0.25, 0.3) is 0 Å². The van der Waals surface area contributed by atoms with E-state index in [0.29, 0.717) is 44.4 Å². The van der Waals surface area contributed by atoms with E-state index in [-0.39, 0.29) is 80.0 Å². The molecule has 2 aliphatic carbocycles. The topological polar surface area (TPSA) is 218 Å². The van der Waals surface area contributed by atoms with Gasteiger partial charge < -0.3 is 47.2 Å². The van der Waals surface area contributed by atoms with Crippen molar-refractivity contribution in [2.45, 2.75) is 102 Å². The van der Waals surface area contributed by atoms with Crippen molar-refractivity contribution in [2.75, 3.05) is 39.1 Å². The van der Waals surface area contributed by atoms with Gasteiger partial charge in [-0.05, 0) is 99.8 Å². The van der Waals surface area contributed by atoms with Crippen LogP contribution in [0.5, 0.6) is 0 Å². The molecule has 1 aromatic rings. The number of carboxylic acids is 1. The lowest BCUT2D eigenvalue weighted by atomic mass is 9.91. The zero-order chi connectivity index (χ0) is 38.9. The number of rotatable bonds is 23. The van der Waals surface area contributed by atoms with Gasteiger partial charge in [0, 0.05) is 32.3 Å². The number of carboxylic acid groups (broad SMARTS) is 1. The van der Waals surface area contributed by atoms with Crippen molar-refractivity contribution in [3.8, 4) is 0 Å². The molecular weight excluding hydrogens is 701 g/mol.